The van der Waals surface area contributed by atoms with Crippen LogP contribution in [0.25, 0.3) is 0 Å². The largest absolute Gasteiger partial charge is 0.493 e. The zero-order valence-electron chi connectivity index (χ0n) is 22.1. The number of aliphatic hydroxyl groups excluding tert-OH is 2. The number of hydrogen-bond donors (Lipinski definition) is 3. The molecular formula is C27H34F3IN2O7. The maximum atomic E-state index is 13.7. The molecular weight excluding hydrogens is 648 g/mol. The monoisotopic (exact) mass is 682 g/mol. The summed E-state index contributed by atoms with van der Waals surface area (Å²) in [5.41, 5.74) is 0.294. The van der Waals surface area contributed by atoms with Gasteiger partial charge in [-0.2, -0.15) is 13.2 Å². The minimum absolute atomic E-state index is 0.00278. The molecule has 9 nitrogen and oxygen atoms in total. The SMILES string of the molecule is COc1cc(C=O)cc(I)c1O[C@H]1C=C(C(=O)NCCO)C[C@@H](N(CC(F)(F)F)C(=O)CCC2CCCC2)[C@@H]1O. The number of aldehydes is 1. The minimum atomic E-state index is -4.75. The highest BCUT2D eigenvalue weighted by molar-refractivity contribution is 14.1. The number of amides is 2. The summed E-state index contributed by atoms with van der Waals surface area (Å²) in [6.07, 6.45) is -1.90. The van der Waals surface area contributed by atoms with E-state index in [4.69, 9.17) is 14.6 Å². The highest BCUT2D eigenvalue weighted by atomic mass is 127. The van der Waals surface area contributed by atoms with Crippen LogP contribution in [0, 0.1) is 9.49 Å². The lowest BCUT2D eigenvalue weighted by atomic mass is 9.87. The Balaban J connectivity index is 1.96. The molecule has 1 fully saturated rings. The van der Waals surface area contributed by atoms with Crippen LogP contribution in [0.3, 0.4) is 0 Å². The fraction of sp³-hybridized carbons (Fsp3) is 0.593. The number of rotatable bonds is 12. The average molecular weight is 682 g/mol. The Hall–Kier alpha value is -2.39. The van der Waals surface area contributed by atoms with Gasteiger partial charge in [0.1, 0.15) is 25.0 Å². The number of halogens is 4. The first kappa shape index (κ1) is 32.1. The number of benzene rings is 1. The molecule has 13 heteroatoms. The summed E-state index contributed by atoms with van der Waals surface area (Å²) in [5, 5.41) is 22.9. The number of ether oxygens (including phenoxy) is 2. The number of hydrogen-bond acceptors (Lipinski definition) is 7. The van der Waals surface area contributed by atoms with E-state index >= 15 is 0 Å². The Morgan fingerprint density at radius 3 is 2.55 bits per heavy atom. The normalized spacial score (nSPS) is 21.5. The first-order valence-electron chi connectivity index (χ1n) is 13.1. The van der Waals surface area contributed by atoms with Crippen LogP contribution in [0.1, 0.15) is 55.3 Å². The van der Waals surface area contributed by atoms with Crippen molar-refractivity contribution in [2.45, 2.75) is 69.4 Å². The topological polar surface area (TPSA) is 125 Å². The van der Waals surface area contributed by atoms with Crippen LogP contribution in [-0.4, -0.2) is 84.4 Å². The fourth-order valence-electron chi connectivity index (χ4n) is 5.19. The van der Waals surface area contributed by atoms with Gasteiger partial charge in [0.05, 0.1) is 23.3 Å². The molecule has 2 aliphatic carbocycles. The molecule has 3 atom stereocenters. The molecule has 0 aromatic heterocycles. The van der Waals surface area contributed by atoms with E-state index in [1.165, 1.54) is 25.3 Å². The Labute approximate surface area is 244 Å². The molecule has 2 amide bonds. The van der Waals surface area contributed by atoms with E-state index in [-0.39, 0.29) is 49.0 Å². The van der Waals surface area contributed by atoms with Crippen molar-refractivity contribution in [3.8, 4) is 11.5 Å². The Kier molecular flexibility index (Phi) is 11.6. The van der Waals surface area contributed by atoms with E-state index in [0.29, 0.717) is 26.7 Å². The van der Waals surface area contributed by atoms with Crippen LogP contribution >= 0.6 is 22.6 Å². The van der Waals surface area contributed by atoms with Crippen molar-refractivity contribution in [1.29, 1.82) is 0 Å². The smallest absolute Gasteiger partial charge is 0.406 e. The first-order valence-corrected chi connectivity index (χ1v) is 14.2. The second kappa shape index (κ2) is 14.5. The number of aliphatic hydroxyl groups is 2. The van der Waals surface area contributed by atoms with Gasteiger partial charge in [-0.15, -0.1) is 0 Å². The summed E-state index contributed by atoms with van der Waals surface area (Å²) in [6.45, 7) is -2.05. The second-order valence-corrected chi connectivity index (χ2v) is 11.2. The van der Waals surface area contributed by atoms with E-state index in [2.05, 4.69) is 5.32 Å². The molecule has 0 aliphatic heterocycles. The minimum Gasteiger partial charge on any atom is -0.493 e. The number of carbonyl (C=O) groups is 3. The van der Waals surface area contributed by atoms with Crippen molar-refractivity contribution in [1.82, 2.24) is 10.2 Å². The van der Waals surface area contributed by atoms with Crippen molar-refractivity contribution in [2.75, 3.05) is 26.8 Å². The molecule has 222 valence electrons. The van der Waals surface area contributed by atoms with Crippen molar-refractivity contribution in [3.63, 3.8) is 0 Å². The van der Waals surface area contributed by atoms with Crippen LogP contribution in [0.2, 0.25) is 0 Å². The summed E-state index contributed by atoms with van der Waals surface area (Å²) >= 11 is 1.89. The number of carbonyl (C=O) groups excluding carboxylic acids is 3. The highest BCUT2D eigenvalue weighted by Crippen LogP contribution is 2.37. The van der Waals surface area contributed by atoms with Crippen molar-refractivity contribution in [3.05, 3.63) is 32.9 Å². The molecule has 40 heavy (non-hydrogen) atoms. The molecule has 0 unspecified atom stereocenters. The highest BCUT2D eigenvalue weighted by Gasteiger charge is 2.44. The lowest BCUT2D eigenvalue weighted by Crippen LogP contribution is -2.57. The molecule has 1 aromatic carbocycles. The summed E-state index contributed by atoms with van der Waals surface area (Å²) in [7, 11) is 1.34. The van der Waals surface area contributed by atoms with Crippen LogP contribution in [0.5, 0.6) is 11.5 Å². The molecule has 3 rings (SSSR count). The summed E-state index contributed by atoms with van der Waals surface area (Å²) in [4.78, 5) is 38.0. The lowest BCUT2D eigenvalue weighted by Gasteiger charge is -2.41. The molecule has 0 heterocycles. The van der Waals surface area contributed by atoms with Gasteiger partial charge in [0.25, 0.3) is 0 Å². The average Bonchev–Trinajstić information content (AvgIpc) is 3.44. The van der Waals surface area contributed by atoms with E-state index in [1.807, 2.05) is 22.6 Å². The van der Waals surface area contributed by atoms with Crippen molar-refractivity contribution >= 4 is 40.7 Å². The van der Waals surface area contributed by atoms with Crippen LogP contribution < -0.4 is 14.8 Å². The first-order chi connectivity index (χ1) is 19.0. The zero-order valence-corrected chi connectivity index (χ0v) is 24.2. The number of methoxy groups -OCH3 is 1. The third kappa shape index (κ3) is 8.56. The summed E-state index contributed by atoms with van der Waals surface area (Å²) < 4.78 is 52.9. The fourth-order valence-corrected chi connectivity index (χ4v) is 5.94. The van der Waals surface area contributed by atoms with Gasteiger partial charge in [-0.25, -0.2) is 0 Å². The number of nitrogens with one attached hydrogen (secondary N) is 1. The van der Waals surface area contributed by atoms with Crippen molar-refractivity contribution in [2.24, 2.45) is 5.92 Å². The maximum absolute atomic E-state index is 13.7. The number of alkyl halides is 3. The Morgan fingerprint density at radius 2 is 1.95 bits per heavy atom. The molecule has 0 radical (unpaired) electrons. The Bertz CT molecular complexity index is 1090. The second-order valence-electron chi connectivity index (χ2n) is 9.99. The lowest BCUT2D eigenvalue weighted by molar-refractivity contribution is -0.172. The molecule has 0 saturated heterocycles. The van der Waals surface area contributed by atoms with Crippen LogP contribution in [0.4, 0.5) is 13.2 Å². The predicted octanol–water partition coefficient (Wildman–Crippen LogP) is 3.39. The molecule has 0 bridgehead atoms. The molecule has 1 saturated carbocycles. The van der Waals surface area contributed by atoms with E-state index in [1.54, 1.807) is 0 Å². The molecule has 1 aromatic rings. The van der Waals surface area contributed by atoms with Gasteiger partial charge in [-0.1, -0.05) is 25.7 Å². The van der Waals surface area contributed by atoms with Gasteiger partial charge in [0, 0.05) is 30.5 Å². The standard InChI is InChI=1S/C27H34F3IN2O7/c1-39-22-11-17(14-35)10-19(31)25(22)40-21-13-18(26(38)32-8-9-34)12-20(24(21)37)33(15-27(28,29)30)23(36)7-6-16-4-2-3-5-16/h10-11,13-14,16,20-21,24,34,37H,2-9,12,15H2,1H3,(H,32,38)/t20-,21+,24+/m1/s1. The quantitative estimate of drug-likeness (QED) is 0.228. The third-order valence-electron chi connectivity index (χ3n) is 7.17. The van der Waals surface area contributed by atoms with Gasteiger partial charge in [0.2, 0.25) is 11.8 Å². The summed E-state index contributed by atoms with van der Waals surface area (Å²) in [6, 6.07) is 1.48. The van der Waals surface area contributed by atoms with Gasteiger partial charge in [-0.05, 0) is 53.1 Å². The van der Waals surface area contributed by atoms with Crippen LogP contribution in [-0.2, 0) is 9.59 Å². The zero-order chi connectivity index (χ0) is 29.4. The molecule has 3 N–H and O–H groups in total. The predicted molar refractivity (Wildman–Crippen MR) is 147 cm³/mol. The van der Waals surface area contributed by atoms with Gasteiger partial charge >= 0.3 is 6.18 Å². The van der Waals surface area contributed by atoms with E-state index in [9.17, 15) is 32.7 Å². The Morgan fingerprint density at radius 1 is 1.25 bits per heavy atom. The van der Waals surface area contributed by atoms with Gasteiger partial charge in [0.15, 0.2) is 11.5 Å². The maximum Gasteiger partial charge on any atom is 0.406 e. The van der Waals surface area contributed by atoms with Gasteiger partial charge < -0.3 is 29.9 Å². The molecule has 0 spiro atoms. The van der Waals surface area contributed by atoms with Crippen molar-refractivity contribution < 1.29 is 47.2 Å². The van der Waals surface area contributed by atoms with Gasteiger partial charge in [-0.3, -0.25) is 14.4 Å². The molecule has 2 aliphatic rings. The van der Waals surface area contributed by atoms with E-state index in [0.717, 1.165) is 25.7 Å². The summed E-state index contributed by atoms with van der Waals surface area (Å²) in [5.74, 6) is -0.899. The third-order valence-corrected chi connectivity index (χ3v) is 7.97. The number of nitrogens with zero attached hydrogens (tertiary/aromatic N) is 1. The van der Waals surface area contributed by atoms with E-state index < -0.39 is 42.8 Å². The van der Waals surface area contributed by atoms with Crippen LogP contribution in [0.15, 0.2) is 23.8 Å².